The average Bonchev–Trinajstić information content (AvgIpc) is 2.28. The smallest absolute Gasteiger partial charge is 0.227 e. The highest BCUT2D eigenvalue weighted by Crippen LogP contribution is 2.09. The number of nitrogens with zero attached hydrogens (tertiary/aromatic N) is 1. The van der Waals surface area contributed by atoms with Crippen molar-refractivity contribution in [1.29, 1.82) is 0 Å². The normalized spacial score (nSPS) is 9.94. The predicted octanol–water partition coefficient (Wildman–Crippen LogP) is 2.24. The molecule has 0 aliphatic heterocycles. The molecule has 0 saturated carbocycles. The van der Waals surface area contributed by atoms with Gasteiger partial charge < -0.3 is 10.6 Å². The quantitative estimate of drug-likeness (QED) is 0.604. The number of rotatable bonds is 6. The van der Waals surface area contributed by atoms with Gasteiger partial charge in [-0.2, -0.15) is 0 Å². The Morgan fingerprint density at radius 3 is 2.88 bits per heavy atom. The number of benzene rings is 1. The van der Waals surface area contributed by atoms with E-state index in [2.05, 4.69) is 13.5 Å². The fourth-order valence-corrected chi connectivity index (χ4v) is 1.73. The average molecular weight is 232 g/mol. The van der Waals surface area contributed by atoms with Gasteiger partial charge in [0.2, 0.25) is 5.91 Å². The Morgan fingerprint density at radius 1 is 1.53 bits per heavy atom. The van der Waals surface area contributed by atoms with Gasteiger partial charge in [0.1, 0.15) is 0 Å². The van der Waals surface area contributed by atoms with E-state index >= 15 is 0 Å². The molecule has 1 aromatic carbocycles. The maximum atomic E-state index is 12.0. The molecule has 0 saturated heterocycles. The molecule has 0 aliphatic rings. The van der Waals surface area contributed by atoms with Crippen LogP contribution >= 0.6 is 0 Å². The molecule has 3 nitrogen and oxygen atoms in total. The van der Waals surface area contributed by atoms with E-state index < -0.39 is 0 Å². The van der Waals surface area contributed by atoms with E-state index in [1.165, 1.54) is 0 Å². The minimum atomic E-state index is 0.123. The highest BCUT2D eigenvalue weighted by atomic mass is 16.2. The predicted molar refractivity (Wildman–Crippen MR) is 71.6 cm³/mol. The standard InChI is InChI=1S/C14H20N2O/c1-3-8-16(9-4-2)14(17)11-12-6-5-7-13(15)10-12/h3,5-7,10H,1,4,8-9,11,15H2,2H3. The molecule has 0 bridgehead atoms. The number of nitrogen functional groups attached to an aromatic ring is 1. The van der Waals surface area contributed by atoms with Crippen LogP contribution < -0.4 is 5.73 Å². The van der Waals surface area contributed by atoms with Crippen molar-refractivity contribution in [1.82, 2.24) is 4.90 Å². The molecule has 1 amide bonds. The first-order valence-electron chi connectivity index (χ1n) is 5.90. The summed E-state index contributed by atoms with van der Waals surface area (Å²) in [5.41, 5.74) is 7.34. The van der Waals surface area contributed by atoms with Gasteiger partial charge in [-0.15, -0.1) is 6.58 Å². The van der Waals surface area contributed by atoms with Crippen molar-refractivity contribution in [3.63, 3.8) is 0 Å². The summed E-state index contributed by atoms with van der Waals surface area (Å²) in [6, 6.07) is 7.46. The number of hydrogen-bond acceptors (Lipinski definition) is 2. The van der Waals surface area contributed by atoms with Gasteiger partial charge in [0.15, 0.2) is 0 Å². The first-order valence-corrected chi connectivity index (χ1v) is 5.90. The Labute approximate surface area is 103 Å². The Balaban J connectivity index is 2.65. The number of carbonyl (C=O) groups excluding carboxylic acids is 1. The van der Waals surface area contributed by atoms with Crippen LogP contribution in [0.25, 0.3) is 0 Å². The highest BCUT2D eigenvalue weighted by molar-refractivity contribution is 5.79. The molecule has 0 aromatic heterocycles. The van der Waals surface area contributed by atoms with Crippen molar-refractivity contribution in [2.75, 3.05) is 18.8 Å². The Kier molecular flexibility index (Phi) is 5.27. The van der Waals surface area contributed by atoms with Crippen LogP contribution in [0.3, 0.4) is 0 Å². The van der Waals surface area contributed by atoms with Crippen LogP contribution in [-0.4, -0.2) is 23.9 Å². The van der Waals surface area contributed by atoms with E-state index in [1.807, 2.05) is 29.2 Å². The zero-order valence-electron chi connectivity index (χ0n) is 10.4. The summed E-state index contributed by atoms with van der Waals surface area (Å²) in [5, 5.41) is 0. The second-order valence-corrected chi connectivity index (χ2v) is 4.05. The van der Waals surface area contributed by atoms with Gasteiger partial charge in [-0.25, -0.2) is 0 Å². The summed E-state index contributed by atoms with van der Waals surface area (Å²) in [5.74, 6) is 0.123. The molecule has 0 radical (unpaired) electrons. The largest absolute Gasteiger partial charge is 0.399 e. The highest BCUT2D eigenvalue weighted by Gasteiger charge is 2.11. The first-order chi connectivity index (χ1) is 8.17. The third-order valence-corrected chi connectivity index (χ3v) is 2.50. The molecule has 0 atom stereocenters. The lowest BCUT2D eigenvalue weighted by Crippen LogP contribution is -2.33. The Morgan fingerprint density at radius 2 is 2.29 bits per heavy atom. The third kappa shape index (κ3) is 4.31. The second-order valence-electron chi connectivity index (χ2n) is 4.05. The molecule has 2 N–H and O–H groups in total. The molecule has 0 heterocycles. The van der Waals surface area contributed by atoms with Crippen molar-refractivity contribution < 1.29 is 4.79 Å². The fraction of sp³-hybridized carbons (Fsp3) is 0.357. The van der Waals surface area contributed by atoms with Crippen LogP contribution in [0.5, 0.6) is 0 Å². The Bertz CT molecular complexity index is 388. The number of hydrogen-bond donors (Lipinski definition) is 1. The van der Waals surface area contributed by atoms with E-state index in [4.69, 9.17) is 5.73 Å². The van der Waals surface area contributed by atoms with Gasteiger partial charge in [0.05, 0.1) is 6.42 Å². The molecule has 0 fully saturated rings. The molecule has 17 heavy (non-hydrogen) atoms. The number of carbonyl (C=O) groups is 1. The van der Waals surface area contributed by atoms with Crippen molar-refractivity contribution in [2.24, 2.45) is 0 Å². The minimum absolute atomic E-state index is 0.123. The molecule has 1 rings (SSSR count). The van der Waals surface area contributed by atoms with E-state index in [0.717, 1.165) is 18.5 Å². The molecular weight excluding hydrogens is 212 g/mol. The molecule has 0 aliphatic carbocycles. The molecule has 92 valence electrons. The maximum Gasteiger partial charge on any atom is 0.227 e. The first kappa shape index (κ1) is 13.3. The minimum Gasteiger partial charge on any atom is -0.399 e. The number of amides is 1. The number of anilines is 1. The van der Waals surface area contributed by atoms with Gasteiger partial charge in [-0.05, 0) is 24.1 Å². The molecule has 1 aromatic rings. The zero-order chi connectivity index (χ0) is 12.7. The van der Waals surface area contributed by atoms with Crippen LogP contribution in [0.2, 0.25) is 0 Å². The monoisotopic (exact) mass is 232 g/mol. The lowest BCUT2D eigenvalue weighted by atomic mass is 10.1. The van der Waals surface area contributed by atoms with Crippen LogP contribution in [0.4, 0.5) is 5.69 Å². The van der Waals surface area contributed by atoms with E-state index in [9.17, 15) is 4.79 Å². The van der Waals surface area contributed by atoms with Crippen molar-refractivity contribution in [3.8, 4) is 0 Å². The SMILES string of the molecule is C=CCN(CCC)C(=O)Cc1cccc(N)c1. The van der Waals surface area contributed by atoms with Gasteiger partial charge >= 0.3 is 0 Å². The van der Waals surface area contributed by atoms with Crippen molar-refractivity contribution in [2.45, 2.75) is 19.8 Å². The summed E-state index contributed by atoms with van der Waals surface area (Å²) < 4.78 is 0. The summed E-state index contributed by atoms with van der Waals surface area (Å²) in [6.07, 6.45) is 3.11. The summed E-state index contributed by atoms with van der Waals surface area (Å²) in [7, 11) is 0. The lowest BCUT2D eigenvalue weighted by Gasteiger charge is -2.20. The van der Waals surface area contributed by atoms with Crippen LogP contribution in [0.1, 0.15) is 18.9 Å². The van der Waals surface area contributed by atoms with Crippen LogP contribution in [0, 0.1) is 0 Å². The van der Waals surface area contributed by atoms with Gasteiger partial charge in [0, 0.05) is 18.8 Å². The van der Waals surface area contributed by atoms with E-state index in [-0.39, 0.29) is 5.91 Å². The van der Waals surface area contributed by atoms with Crippen LogP contribution in [-0.2, 0) is 11.2 Å². The number of nitrogens with two attached hydrogens (primary N) is 1. The third-order valence-electron chi connectivity index (χ3n) is 2.50. The fourth-order valence-electron chi connectivity index (χ4n) is 1.73. The summed E-state index contributed by atoms with van der Waals surface area (Å²) >= 11 is 0. The molecule has 3 heteroatoms. The lowest BCUT2D eigenvalue weighted by molar-refractivity contribution is -0.130. The van der Waals surface area contributed by atoms with Crippen molar-refractivity contribution >= 4 is 11.6 Å². The molecular formula is C14H20N2O. The van der Waals surface area contributed by atoms with Gasteiger partial charge in [-0.3, -0.25) is 4.79 Å². The van der Waals surface area contributed by atoms with E-state index in [0.29, 0.717) is 18.7 Å². The Hall–Kier alpha value is -1.77. The van der Waals surface area contributed by atoms with Crippen molar-refractivity contribution in [3.05, 3.63) is 42.5 Å². The van der Waals surface area contributed by atoms with Gasteiger partial charge in [-0.1, -0.05) is 25.1 Å². The van der Waals surface area contributed by atoms with Gasteiger partial charge in [0.25, 0.3) is 0 Å². The second kappa shape index (κ2) is 6.74. The van der Waals surface area contributed by atoms with Crippen LogP contribution in [0.15, 0.2) is 36.9 Å². The molecule has 0 spiro atoms. The van der Waals surface area contributed by atoms with E-state index in [1.54, 1.807) is 6.08 Å². The summed E-state index contributed by atoms with van der Waals surface area (Å²) in [4.78, 5) is 13.9. The topological polar surface area (TPSA) is 46.3 Å². The zero-order valence-corrected chi connectivity index (χ0v) is 10.4. The summed E-state index contributed by atoms with van der Waals surface area (Å²) in [6.45, 7) is 7.11. The maximum absolute atomic E-state index is 12.0. The molecule has 0 unspecified atom stereocenters.